The minimum Gasteiger partial charge on any atom is -0.326 e. The summed E-state index contributed by atoms with van der Waals surface area (Å²) in [5, 5.41) is 0. The molecule has 1 aliphatic rings. The summed E-state index contributed by atoms with van der Waals surface area (Å²) in [4.78, 5) is 0.124. The van der Waals surface area contributed by atoms with Gasteiger partial charge in [0.15, 0.2) is 0 Å². The molecular formula is C15H23FN2O2S. The van der Waals surface area contributed by atoms with Crippen LogP contribution in [0.4, 0.5) is 4.39 Å². The SMILES string of the molecule is CC(C)(C)C1CCN(S(=O)(=O)c2ccc(F)c(CN)c2)C1. The fourth-order valence-electron chi connectivity index (χ4n) is 2.67. The molecule has 0 radical (unpaired) electrons. The number of nitrogens with two attached hydrogens (primary N) is 1. The average Bonchev–Trinajstić information content (AvgIpc) is 2.89. The van der Waals surface area contributed by atoms with E-state index in [0.717, 1.165) is 6.42 Å². The van der Waals surface area contributed by atoms with Crippen molar-refractivity contribution in [1.82, 2.24) is 4.31 Å². The molecule has 2 rings (SSSR count). The first kappa shape index (κ1) is 16.4. The van der Waals surface area contributed by atoms with Crippen LogP contribution >= 0.6 is 0 Å². The molecule has 1 aromatic carbocycles. The van der Waals surface area contributed by atoms with Gasteiger partial charge >= 0.3 is 0 Å². The summed E-state index contributed by atoms with van der Waals surface area (Å²) in [6, 6.07) is 3.83. The zero-order chi connectivity index (χ0) is 15.8. The number of hydrogen-bond donors (Lipinski definition) is 1. The lowest BCUT2D eigenvalue weighted by atomic mass is 9.80. The molecule has 1 fully saturated rings. The Morgan fingerprint density at radius 2 is 2.05 bits per heavy atom. The molecule has 2 N–H and O–H groups in total. The molecule has 0 amide bonds. The smallest absolute Gasteiger partial charge is 0.243 e. The molecule has 118 valence electrons. The predicted octanol–water partition coefficient (Wildman–Crippen LogP) is 2.34. The standard InChI is InChI=1S/C15H23FN2O2S/c1-15(2,3)12-6-7-18(10-12)21(19,20)13-4-5-14(16)11(8-13)9-17/h4-5,8,12H,6-7,9-10,17H2,1-3H3. The number of sulfonamides is 1. The van der Waals surface area contributed by atoms with Gasteiger partial charge in [-0.15, -0.1) is 0 Å². The van der Waals surface area contributed by atoms with Gasteiger partial charge in [-0.2, -0.15) is 4.31 Å². The average molecular weight is 314 g/mol. The zero-order valence-corrected chi connectivity index (χ0v) is 13.6. The Labute approximate surface area is 126 Å². The van der Waals surface area contributed by atoms with Crippen LogP contribution in [0.15, 0.2) is 23.1 Å². The predicted molar refractivity (Wildman–Crippen MR) is 80.6 cm³/mol. The lowest BCUT2D eigenvalue weighted by Crippen LogP contribution is -2.31. The number of rotatable bonds is 3. The van der Waals surface area contributed by atoms with E-state index in [2.05, 4.69) is 20.8 Å². The summed E-state index contributed by atoms with van der Waals surface area (Å²) >= 11 is 0. The first-order chi connectivity index (χ1) is 9.66. The van der Waals surface area contributed by atoms with Crippen LogP contribution in [0.5, 0.6) is 0 Å². The molecular weight excluding hydrogens is 291 g/mol. The fourth-order valence-corrected chi connectivity index (χ4v) is 4.22. The zero-order valence-electron chi connectivity index (χ0n) is 12.8. The van der Waals surface area contributed by atoms with Crippen molar-refractivity contribution >= 4 is 10.0 Å². The van der Waals surface area contributed by atoms with Crippen molar-refractivity contribution in [1.29, 1.82) is 0 Å². The molecule has 6 heteroatoms. The quantitative estimate of drug-likeness (QED) is 0.931. The van der Waals surface area contributed by atoms with Crippen molar-refractivity contribution in [3.63, 3.8) is 0 Å². The second-order valence-corrected chi connectivity index (χ2v) is 8.61. The van der Waals surface area contributed by atoms with Crippen LogP contribution in [0.25, 0.3) is 0 Å². The monoisotopic (exact) mass is 314 g/mol. The lowest BCUT2D eigenvalue weighted by Gasteiger charge is -2.26. The Balaban J connectivity index is 2.27. The van der Waals surface area contributed by atoms with E-state index in [4.69, 9.17) is 5.73 Å². The molecule has 0 saturated carbocycles. The van der Waals surface area contributed by atoms with Crippen LogP contribution in [0, 0.1) is 17.2 Å². The number of nitrogens with zero attached hydrogens (tertiary/aromatic N) is 1. The maximum Gasteiger partial charge on any atom is 0.243 e. The van der Waals surface area contributed by atoms with Crippen molar-refractivity contribution in [3.8, 4) is 0 Å². The van der Waals surface area contributed by atoms with Gasteiger partial charge in [0.25, 0.3) is 0 Å². The fraction of sp³-hybridized carbons (Fsp3) is 0.600. The highest BCUT2D eigenvalue weighted by Crippen LogP contribution is 2.35. The first-order valence-electron chi connectivity index (χ1n) is 7.15. The summed E-state index contributed by atoms with van der Waals surface area (Å²) < 4.78 is 40.3. The van der Waals surface area contributed by atoms with Crippen LogP contribution in [-0.2, 0) is 16.6 Å². The molecule has 1 atom stereocenters. The van der Waals surface area contributed by atoms with Crippen molar-refractivity contribution in [2.24, 2.45) is 17.1 Å². The topological polar surface area (TPSA) is 63.4 Å². The molecule has 1 aromatic rings. The molecule has 0 aromatic heterocycles. The van der Waals surface area contributed by atoms with Crippen molar-refractivity contribution in [2.75, 3.05) is 13.1 Å². The molecule has 1 unspecified atom stereocenters. The van der Waals surface area contributed by atoms with Gasteiger partial charge < -0.3 is 5.73 Å². The van der Waals surface area contributed by atoms with Crippen LogP contribution in [0.1, 0.15) is 32.8 Å². The van der Waals surface area contributed by atoms with E-state index < -0.39 is 15.8 Å². The van der Waals surface area contributed by atoms with Gasteiger partial charge in [-0.3, -0.25) is 0 Å². The van der Waals surface area contributed by atoms with Crippen molar-refractivity contribution < 1.29 is 12.8 Å². The Morgan fingerprint density at radius 1 is 1.38 bits per heavy atom. The Hall–Kier alpha value is -0.980. The van der Waals surface area contributed by atoms with Crippen molar-refractivity contribution in [3.05, 3.63) is 29.6 Å². The van der Waals surface area contributed by atoms with E-state index in [0.29, 0.717) is 19.0 Å². The largest absolute Gasteiger partial charge is 0.326 e. The van der Waals surface area contributed by atoms with E-state index in [1.54, 1.807) is 0 Å². The van der Waals surface area contributed by atoms with E-state index in [-0.39, 0.29) is 22.4 Å². The van der Waals surface area contributed by atoms with Gasteiger partial charge in [0.1, 0.15) is 5.82 Å². The second kappa shape index (κ2) is 5.66. The minimum absolute atomic E-state index is 0.0141. The Bertz CT molecular complexity index is 623. The highest BCUT2D eigenvalue weighted by atomic mass is 32.2. The summed E-state index contributed by atoms with van der Waals surface area (Å²) in [7, 11) is -3.57. The van der Waals surface area contributed by atoms with E-state index in [9.17, 15) is 12.8 Å². The van der Waals surface area contributed by atoms with Gasteiger partial charge in [-0.25, -0.2) is 12.8 Å². The lowest BCUT2D eigenvalue weighted by molar-refractivity contribution is 0.252. The molecule has 4 nitrogen and oxygen atoms in total. The van der Waals surface area contributed by atoms with Gasteiger partial charge in [0.2, 0.25) is 10.0 Å². The number of halogens is 1. The summed E-state index contributed by atoms with van der Waals surface area (Å²) in [6.45, 7) is 7.38. The van der Waals surface area contributed by atoms with Crippen molar-refractivity contribution in [2.45, 2.75) is 38.6 Å². The van der Waals surface area contributed by atoms with Gasteiger partial charge in [0, 0.05) is 25.2 Å². The maximum atomic E-state index is 13.5. The van der Waals surface area contributed by atoms with E-state index in [1.807, 2.05) is 0 Å². The molecule has 1 heterocycles. The normalized spacial score (nSPS) is 20.9. The molecule has 1 saturated heterocycles. The summed E-state index contributed by atoms with van der Waals surface area (Å²) in [5.74, 6) is -0.132. The van der Waals surface area contributed by atoms with Crippen LogP contribution in [0.3, 0.4) is 0 Å². The maximum absolute atomic E-state index is 13.5. The molecule has 0 aliphatic carbocycles. The molecule has 0 spiro atoms. The van der Waals surface area contributed by atoms with Gasteiger partial charge in [-0.1, -0.05) is 20.8 Å². The Kier molecular flexibility index (Phi) is 4.42. The van der Waals surface area contributed by atoms with Crippen LogP contribution in [-0.4, -0.2) is 25.8 Å². The number of benzene rings is 1. The highest BCUT2D eigenvalue weighted by molar-refractivity contribution is 7.89. The number of hydrogen-bond acceptors (Lipinski definition) is 3. The minimum atomic E-state index is -3.57. The second-order valence-electron chi connectivity index (χ2n) is 6.67. The van der Waals surface area contributed by atoms with E-state index >= 15 is 0 Å². The van der Waals surface area contributed by atoms with Crippen LogP contribution in [0.2, 0.25) is 0 Å². The molecule has 21 heavy (non-hydrogen) atoms. The van der Waals surface area contributed by atoms with Crippen LogP contribution < -0.4 is 5.73 Å². The molecule has 1 aliphatic heterocycles. The summed E-state index contributed by atoms with van der Waals surface area (Å²) in [5.41, 5.74) is 5.75. The third kappa shape index (κ3) is 3.27. The van der Waals surface area contributed by atoms with Gasteiger partial charge in [-0.05, 0) is 36.0 Å². The first-order valence-corrected chi connectivity index (χ1v) is 8.59. The third-order valence-corrected chi connectivity index (χ3v) is 6.11. The van der Waals surface area contributed by atoms with E-state index in [1.165, 1.54) is 22.5 Å². The highest BCUT2D eigenvalue weighted by Gasteiger charge is 2.37. The summed E-state index contributed by atoms with van der Waals surface area (Å²) in [6.07, 6.45) is 0.855. The third-order valence-electron chi connectivity index (χ3n) is 4.25. The molecule has 0 bridgehead atoms. The Morgan fingerprint density at radius 3 is 2.57 bits per heavy atom. The van der Waals surface area contributed by atoms with Gasteiger partial charge in [0.05, 0.1) is 4.90 Å².